The Morgan fingerprint density at radius 1 is 1.00 bits per heavy atom. The van der Waals surface area contributed by atoms with E-state index in [0.29, 0.717) is 11.3 Å². The molecule has 0 spiro atoms. The summed E-state index contributed by atoms with van der Waals surface area (Å²) in [6, 6.07) is 23.2. The number of primary amides is 1. The van der Waals surface area contributed by atoms with Crippen LogP contribution in [0.25, 0.3) is 0 Å². The van der Waals surface area contributed by atoms with E-state index in [1.165, 1.54) is 5.56 Å². The van der Waals surface area contributed by atoms with Crippen LogP contribution < -0.4 is 15.8 Å². The number of carbonyl (C=O) groups excluding carboxylic acids is 1. The third-order valence-corrected chi connectivity index (χ3v) is 4.13. The molecule has 0 saturated heterocycles. The Kier molecular flexibility index (Phi) is 5.54. The molecular weight excluding hydrogens is 324 g/mol. The van der Waals surface area contributed by atoms with Crippen molar-refractivity contribution >= 4 is 11.6 Å². The molecule has 3 N–H and O–H groups in total. The standard InChI is InChI=1S/C22H22N2O2/c1-16-15-19(24-14-13-17-5-3-2-4-6-17)9-12-21(16)26-20-10-7-18(8-11-20)22(23)25/h2-12,15,24H,13-14H2,1H3,(H2,23,25). The lowest BCUT2D eigenvalue weighted by atomic mass is 10.1. The highest BCUT2D eigenvalue weighted by atomic mass is 16.5. The fourth-order valence-electron chi connectivity index (χ4n) is 2.68. The van der Waals surface area contributed by atoms with Gasteiger partial charge in [0.25, 0.3) is 0 Å². The first-order chi connectivity index (χ1) is 12.6. The number of hydrogen-bond donors (Lipinski definition) is 2. The van der Waals surface area contributed by atoms with Crippen molar-refractivity contribution < 1.29 is 9.53 Å². The summed E-state index contributed by atoms with van der Waals surface area (Å²) in [5.74, 6) is 1.01. The summed E-state index contributed by atoms with van der Waals surface area (Å²) in [5.41, 5.74) is 9.13. The van der Waals surface area contributed by atoms with Crippen LogP contribution in [0, 0.1) is 6.92 Å². The average molecular weight is 346 g/mol. The van der Waals surface area contributed by atoms with Gasteiger partial charge in [0.1, 0.15) is 11.5 Å². The summed E-state index contributed by atoms with van der Waals surface area (Å²) in [4.78, 5) is 11.1. The van der Waals surface area contributed by atoms with Gasteiger partial charge in [-0.15, -0.1) is 0 Å². The topological polar surface area (TPSA) is 64.3 Å². The molecule has 0 saturated carbocycles. The molecule has 0 aliphatic rings. The number of carbonyl (C=O) groups is 1. The molecular formula is C22H22N2O2. The fraction of sp³-hybridized carbons (Fsp3) is 0.136. The Morgan fingerprint density at radius 2 is 1.73 bits per heavy atom. The minimum atomic E-state index is -0.446. The van der Waals surface area contributed by atoms with Gasteiger partial charge >= 0.3 is 0 Å². The van der Waals surface area contributed by atoms with E-state index in [9.17, 15) is 4.79 Å². The number of nitrogens with two attached hydrogens (primary N) is 1. The highest BCUT2D eigenvalue weighted by Crippen LogP contribution is 2.27. The Bertz CT molecular complexity index is 874. The van der Waals surface area contributed by atoms with E-state index >= 15 is 0 Å². The molecule has 0 heterocycles. The van der Waals surface area contributed by atoms with Crippen molar-refractivity contribution in [2.45, 2.75) is 13.3 Å². The SMILES string of the molecule is Cc1cc(NCCc2ccccc2)ccc1Oc1ccc(C(N)=O)cc1. The number of rotatable bonds is 7. The van der Waals surface area contributed by atoms with Gasteiger partial charge in [-0.25, -0.2) is 0 Å². The van der Waals surface area contributed by atoms with Crippen LogP contribution in [-0.2, 0) is 6.42 Å². The molecule has 0 aromatic heterocycles. The summed E-state index contributed by atoms with van der Waals surface area (Å²) < 4.78 is 5.89. The maximum absolute atomic E-state index is 11.1. The molecule has 0 bridgehead atoms. The van der Waals surface area contributed by atoms with Crippen LogP contribution in [0.4, 0.5) is 5.69 Å². The minimum absolute atomic E-state index is 0.446. The molecule has 0 aliphatic carbocycles. The van der Waals surface area contributed by atoms with Gasteiger partial charge in [0.2, 0.25) is 5.91 Å². The first-order valence-electron chi connectivity index (χ1n) is 8.58. The van der Waals surface area contributed by atoms with Crippen molar-refractivity contribution in [1.29, 1.82) is 0 Å². The number of aryl methyl sites for hydroxylation is 1. The Labute approximate surface area is 153 Å². The molecule has 132 valence electrons. The predicted molar refractivity (Wildman–Crippen MR) is 105 cm³/mol. The number of benzene rings is 3. The summed E-state index contributed by atoms with van der Waals surface area (Å²) in [6.07, 6.45) is 0.977. The van der Waals surface area contributed by atoms with Crippen LogP contribution in [0.15, 0.2) is 72.8 Å². The van der Waals surface area contributed by atoms with Gasteiger partial charge in [0.05, 0.1) is 0 Å². The first kappa shape index (κ1) is 17.5. The maximum Gasteiger partial charge on any atom is 0.248 e. The zero-order valence-corrected chi connectivity index (χ0v) is 14.7. The van der Waals surface area contributed by atoms with E-state index in [-0.39, 0.29) is 0 Å². The summed E-state index contributed by atoms with van der Waals surface area (Å²) in [6.45, 7) is 2.88. The molecule has 0 aliphatic heterocycles. The first-order valence-corrected chi connectivity index (χ1v) is 8.58. The molecule has 0 unspecified atom stereocenters. The highest BCUT2D eigenvalue weighted by Gasteiger charge is 2.05. The molecule has 26 heavy (non-hydrogen) atoms. The number of ether oxygens (including phenoxy) is 1. The predicted octanol–water partition coefficient (Wildman–Crippen LogP) is 4.54. The van der Waals surface area contributed by atoms with E-state index in [1.807, 2.05) is 25.1 Å². The van der Waals surface area contributed by atoms with Crippen molar-refractivity contribution in [2.24, 2.45) is 5.73 Å². The smallest absolute Gasteiger partial charge is 0.248 e. The highest BCUT2D eigenvalue weighted by molar-refractivity contribution is 5.92. The second-order valence-corrected chi connectivity index (χ2v) is 6.13. The zero-order valence-electron chi connectivity index (χ0n) is 14.7. The molecule has 0 fully saturated rings. The maximum atomic E-state index is 11.1. The van der Waals surface area contributed by atoms with Crippen molar-refractivity contribution in [3.63, 3.8) is 0 Å². The molecule has 0 radical (unpaired) electrons. The number of amides is 1. The van der Waals surface area contributed by atoms with E-state index in [4.69, 9.17) is 10.5 Å². The third-order valence-electron chi connectivity index (χ3n) is 4.13. The molecule has 3 rings (SSSR count). The van der Waals surface area contributed by atoms with Gasteiger partial charge in [-0.05, 0) is 66.9 Å². The second-order valence-electron chi connectivity index (χ2n) is 6.13. The molecule has 1 amide bonds. The van der Waals surface area contributed by atoms with Crippen LogP contribution in [0.3, 0.4) is 0 Å². The number of anilines is 1. The second kappa shape index (κ2) is 8.21. The van der Waals surface area contributed by atoms with E-state index in [2.05, 4.69) is 35.6 Å². The lowest BCUT2D eigenvalue weighted by molar-refractivity contribution is 0.100. The molecule has 3 aromatic carbocycles. The van der Waals surface area contributed by atoms with E-state index in [0.717, 1.165) is 30.0 Å². The van der Waals surface area contributed by atoms with Crippen molar-refractivity contribution in [2.75, 3.05) is 11.9 Å². The molecule has 4 heteroatoms. The Hall–Kier alpha value is -3.27. The minimum Gasteiger partial charge on any atom is -0.457 e. The van der Waals surface area contributed by atoms with Gasteiger partial charge in [-0.2, -0.15) is 0 Å². The molecule has 4 nitrogen and oxygen atoms in total. The fourth-order valence-corrected chi connectivity index (χ4v) is 2.68. The van der Waals surface area contributed by atoms with Gasteiger partial charge in [-0.3, -0.25) is 4.79 Å². The van der Waals surface area contributed by atoms with Crippen LogP contribution in [0.1, 0.15) is 21.5 Å². The number of hydrogen-bond acceptors (Lipinski definition) is 3. The quantitative estimate of drug-likeness (QED) is 0.660. The van der Waals surface area contributed by atoms with Gasteiger partial charge in [0.15, 0.2) is 0 Å². The lowest BCUT2D eigenvalue weighted by Gasteiger charge is -2.12. The number of nitrogens with one attached hydrogen (secondary N) is 1. The third kappa shape index (κ3) is 4.63. The molecule has 3 aromatic rings. The lowest BCUT2D eigenvalue weighted by Crippen LogP contribution is -2.10. The van der Waals surface area contributed by atoms with Crippen molar-refractivity contribution in [1.82, 2.24) is 0 Å². The van der Waals surface area contributed by atoms with Crippen molar-refractivity contribution in [3.05, 3.63) is 89.5 Å². The zero-order chi connectivity index (χ0) is 18.4. The summed E-state index contributed by atoms with van der Waals surface area (Å²) >= 11 is 0. The molecule has 0 atom stereocenters. The van der Waals surface area contributed by atoms with Gasteiger partial charge in [0, 0.05) is 17.8 Å². The van der Waals surface area contributed by atoms with Gasteiger partial charge < -0.3 is 15.8 Å². The van der Waals surface area contributed by atoms with E-state index in [1.54, 1.807) is 24.3 Å². The van der Waals surface area contributed by atoms with Crippen LogP contribution in [0.5, 0.6) is 11.5 Å². The normalized spacial score (nSPS) is 10.3. The monoisotopic (exact) mass is 346 g/mol. The Morgan fingerprint density at radius 3 is 2.38 bits per heavy atom. The van der Waals surface area contributed by atoms with Crippen LogP contribution in [0.2, 0.25) is 0 Å². The largest absolute Gasteiger partial charge is 0.457 e. The van der Waals surface area contributed by atoms with Crippen molar-refractivity contribution in [3.8, 4) is 11.5 Å². The summed E-state index contributed by atoms with van der Waals surface area (Å²) in [7, 11) is 0. The van der Waals surface area contributed by atoms with Crippen LogP contribution >= 0.6 is 0 Å². The average Bonchev–Trinajstić information content (AvgIpc) is 2.65. The van der Waals surface area contributed by atoms with Gasteiger partial charge in [-0.1, -0.05) is 30.3 Å². The Balaban J connectivity index is 1.59. The van der Waals surface area contributed by atoms with Crippen LogP contribution in [-0.4, -0.2) is 12.5 Å². The van der Waals surface area contributed by atoms with E-state index < -0.39 is 5.91 Å². The summed E-state index contributed by atoms with van der Waals surface area (Å²) in [5, 5.41) is 3.44.